The molecule has 6 nitrogen and oxygen atoms in total. The summed E-state index contributed by atoms with van der Waals surface area (Å²) in [6, 6.07) is 9.28. The molecule has 0 saturated carbocycles. The van der Waals surface area contributed by atoms with Crippen molar-refractivity contribution in [3.8, 4) is 5.75 Å². The molecule has 20 heavy (non-hydrogen) atoms. The largest absolute Gasteiger partial charge is 0.495 e. The molecule has 0 unspecified atom stereocenters. The van der Waals surface area contributed by atoms with E-state index in [9.17, 15) is 0 Å². The minimum atomic E-state index is 0.528. The summed E-state index contributed by atoms with van der Waals surface area (Å²) in [6.07, 6.45) is 0. The van der Waals surface area contributed by atoms with Gasteiger partial charge in [0.1, 0.15) is 5.75 Å². The number of nitrogens with two attached hydrogens (primary N) is 1. The van der Waals surface area contributed by atoms with Gasteiger partial charge in [-0.1, -0.05) is 0 Å². The highest BCUT2D eigenvalue weighted by Crippen LogP contribution is 2.32. The Kier molecular flexibility index (Phi) is 3.19. The van der Waals surface area contributed by atoms with E-state index >= 15 is 0 Å². The Labute approximate surface area is 123 Å². The first-order valence-electron chi connectivity index (χ1n) is 5.80. The van der Waals surface area contributed by atoms with Crippen LogP contribution in [0.15, 0.2) is 39.4 Å². The van der Waals surface area contributed by atoms with Gasteiger partial charge in [0.15, 0.2) is 11.0 Å². The van der Waals surface area contributed by atoms with Crippen molar-refractivity contribution >= 4 is 44.0 Å². The molecule has 0 bridgehead atoms. The Morgan fingerprint density at radius 1 is 1.20 bits per heavy atom. The van der Waals surface area contributed by atoms with Crippen LogP contribution in [0.5, 0.6) is 5.75 Å². The fourth-order valence-electron chi connectivity index (χ4n) is 1.88. The maximum absolute atomic E-state index is 5.81. The van der Waals surface area contributed by atoms with Crippen LogP contribution in [0.4, 0.5) is 17.1 Å². The van der Waals surface area contributed by atoms with Crippen molar-refractivity contribution in [2.75, 3.05) is 18.2 Å². The van der Waals surface area contributed by atoms with E-state index < -0.39 is 0 Å². The van der Waals surface area contributed by atoms with Crippen molar-refractivity contribution < 1.29 is 9.37 Å². The predicted molar refractivity (Wildman–Crippen MR) is 80.2 cm³/mol. The molecule has 3 N–H and O–H groups in total. The number of methoxy groups -OCH3 is 1. The first-order valence-corrected chi connectivity index (χ1v) is 6.59. The second kappa shape index (κ2) is 5.01. The van der Waals surface area contributed by atoms with Gasteiger partial charge < -0.3 is 15.8 Å². The summed E-state index contributed by atoms with van der Waals surface area (Å²) in [5.41, 5.74) is 9.09. The van der Waals surface area contributed by atoms with Gasteiger partial charge in [0.25, 0.3) is 0 Å². The molecular weight excluding hydrogens is 324 g/mol. The lowest BCUT2D eigenvalue weighted by atomic mass is 10.2. The number of aromatic nitrogens is 2. The number of hydrogen-bond acceptors (Lipinski definition) is 6. The highest BCUT2D eigenvalue weighted by molar-refractivity contribution is 9.10. The van der Waals surface area contributed by atoms with Gasteiger partial charge in [0.2, 0.25) is 0 Å². The molecule has 1 heterocycles. The normalized spacial score (nSPS) is 10.7. The smallest absolute Gasteiger partial charge is 0.160 e. The van der Waals surface area contributed by atoms with E-state index in [0.717, 1.165) is 21.6 Å². The molecule has 0 aliphatic carbocycles. The fraction of sp³-hybridized carbons (Fsp3) is 0.0769. The molecular formula is C13H11BrN4O2. The number of ether oxygens (including phenoxy) is 1. The van der Waals surface area contributed by atoms with E-state index in [1.165, 1.54) is 0 Å². The minimum Gasteiger partial charge on any atom is -0.495 e. The number of nitrogens with zero attached hydrogens (tertiary/aromatic N) is 2. The third-order valence-electron chi connectivity index (χ3n) is 2.88. The fourth-order valence-corrected chi connectivity index (χ4v) is 2.29. The maximum Gasteiger partial charge on any atom is 0.160 e. The van der Waals surface area contributed by atoms with Gasteiger partial charge in [-0.15, -0.1) is 0 Å². The summed E-state index contributed by atoms with van der Waals surface area (Å²) in [6.45, 7) is 0. The quantitative estimate of drug-likeness (QED) is 0.714. The predicted octanol–water partition coefficient (Wildman–Crippen LogP) is 3.32. The molecule has 1 aromatic heterocycles. The van der Waals surface area contributed by atoms with Crippen molar-refractivity contribution in [1.82, 2.24) is 10.3 Å². The molecule has 0 saturated heterocycles. The number of halogens is 1. The van der Waals surface area contributed by atoms with Crippen LogP contribution in [0.2, 0.25) is 0 Å². The summed E-state index contributed by atoms with van der Waals surface area (Å²) in [5, 5.41) is 10.9. The molecule has 3 rings (SSSR count). The molecule has 0 aliphatic heterocycles. The topological polar surface area (TPSA) is 86.2 Å². The Hall–Kier alpha value is -2.28. The summed E-state index contributed by atoms with van der Waals surface area (Å²) >= 11 is 3.41. The van der Waals surface area contributed by atoms with Gasteiger partial charge in [0, 0.05) is 11.8 Å². The van der Waals surface area contributed by atoms with E-state index in [1.54, 1.807) is 13.2 Å². The number of rotatable bonds is 3. The maximum atomic E-state index is 5.81. The first-order chi connectivity index (χ1) is 9.69. The van der Waals surface area contributed by atoms with Crippen molar-refractivity contribution in [1.29, 1.82) is 0 Å². The molecule has 0 fully saturated rings. The Morgan fingerprint density at radius 3 is 2.80 bits per heavy atom. The van der Waals surface area contributed by atoms with Crippen LogP contribution in [0, 0.1) is 0 Å². The third-order valence-corrected chi connectivity index (χ3v) is 3.53. The van der Waals surface area contributed by atoms with Gasteiger partial charge in [-0.2, -0.15) is 0 Å². The average Bonchev–Trinajstić information content (AvgIpc) is 2.94. The second-order valence-electron chi connectivity index (χ2n) is 4.14. The molecule has 0 spiro atoms. The standard InChI is InChI=1S/C13H11BrN4O2/c1-19-11-6-7(2-3-8(11)14)16-10-5-4-9(15)12-13(10)18-20-17-12/h2-6,16H,15H2,1H3. The third kappa shape index (κ3) is 2.16. The first kappa shape index (κ1) is 12.7. The number of benzene rings is 2. The van der Waals surface area contributed by atoms with Crippen LogP contribution in [-0.4, -0.2) is 17.4 Å². The zero-order valence-corrected chi connectivity index (χ0v) is 12.1. The van der Waals surface area contributed by atoms with Crippen LogP contribution in [-0.2, 0) is 0 Å². The molecule has 102 valence electrons. The van der Waals surface area contributed by atoms with E-state index in [4.69, 9.17) is 15.1 Å². The number of fused-ring (bicyclic) bond motifs is 1. The summed E-state index contributed by atoms with van der Waals surface area (Å²) in [7, 11) is 1.62. The van der Waals surface area contributed by atoms with E-state index in [2.05, 4.69) is 31.6 Å². The van der Waals surface area contributed by atoms with Gasteiger partial charge in [0.05, 0.1) is 23.0 Å². The Balaban J connectivity index is 2.01. The number of anilines is 3. The van der Waals surface area contributed by atoms with Crippen molar-refractivity contribution in [2.45, 2.75) is 0 Å². The monoisotopic (exact) mass is 334 g/mol. The Bertz CT molecular complexity index is 772. The van der Waals surface area contributed by atoms with Gasteiger partial charge in [-0.25, -0.2) is 4.63 Å². The molecule has 0 atom stereocenters. The van der Waals surface area contributed by atoms with Crippen LogP contribution in [0.1, 0.15) is 0 Å². The van der Waals surface area contributed by atoms with Crippen LogP contribution in [0.3, 0.4) is 0 Å². The van der Waals surface area contributed by atoms with Crippen molar-refractivity contribution in [2.24, 2.45) is 0 Å². The highest BCUT2D eigenvalue weighted by atomic mass is 79.9. The highest BCUT2D eigenvalue weighted by Gasteiger charge is 2.10. The molecule has 0 aliphatic rings. The van der Waals surface area contributed by atoms with Crippen LogP contribution >= 0.6 is 15.9 Å². The zero-order valence-electron chi connectivity index (χ0n) is 10.6. The minimum absolute atomic E-state index is 0.528. The second-order valence-corrected chi connectivity index (χ2v) is 4.99. The van der Waals surface area contributed by atoms with Crippen LogP contribution < -0.4 is 15.8 Å². The van der Waals surface area contributed by atoms with Gasteiger partial charge in [-0.3, -0.25) is 0 Å². The van der Waals surface area contributed by atoms with E-state index in [1.807, 2.05) is 24.3 Å². The summed E-state index contributed by atoms with van der Waals surface area (Å²) in [5.74, 6) is 0.736. The van der Waals surface area contributed by atoms with Gasteiger partial charge in [-0.05, 0) is 50.5 Å². The van der Waals surface area contributed by atoms with Crippen molar-refractivity contribution in [3.05, 3.63) is 34.8 Å². The molecule has 7 heteroatoms. The molecule has 3 aromatic rings. The number of hydrogen-bond donors (Lipinski definition) is 2. The molecule has 2 aromatic carbocycles. The van der Waals surface area contributed by atoms with Gasteiger partial charge >= 0.3 is 0 Å². The number of nitrogen functional groups attached to an aromatic ring is 1. The Morgan fingerprint density at radius 2 is 2.00 bits per heavy atom. The van der Waals surface area contributed by atoms with E-state index in [0.29, 0.717) is 16.7 Å². The summed E-state index contributed by atoms with van der Waals surface area (Å²) < 4.78 is 10.9. The lowest BCUT2D eigenvalue weighted by Gasteiger charge is -2.09. The van der Waals surface area contributed by atoms with Crippen molar-refractivity contribution in [3.63, 3.8) is 0 Å². The number of nitrogens with one attached hydrogen (secondary N) is 1. The lowest BCUT2D eigenvalue weighted by molar-refractivity contribution is 0.316. The van der Waals surface area contributed by atoms with E-state index in [-0.39, 0.29) is 0 Å². The molecule has 0 amide bonds. The van der Waals surface area contributed by atoms with Crippen LogP contribution in [0.25, 0.3) is 11.0 Å². The summed E-state index contributed by atoms with van der Waals surface area (Å²) in [4.78, 5) is 0. The zero-order chi connectivity index (χ0) is 14.1. The average molecular weight is 335 g/mol. The lowest BCUT2D eigenvalue weighted by Crippen LogP contribution is -1.95. The molecule has 0 radical (unpaired) electrons. The SMILES string of the molecule is COc1cc(Nc2ccc(N)c3nonc23)ccc1Br.